The van der Waals surface area contributed by atoms with Crippen molar-refractivity contribution in [3.8, 4) is 0 Å². The van der Waals surface area contributed by atoms with Crippen LogP contribution in [-0.2, 0) is 6.42 Å². The van der Waals surface area contributed by atoms with Crippen LogP contribution in [0, 0.1) is 5.82 Å². The second kappa shape index (κ2) is 5.96. The Hall–Kier alpha value is -1.70. The molecule has 0 aliphatic rings. The molecule has 1 atom stereocenters. The fraction of sp³-hybridized carbons (Fsp3) is 0.353. The maximum atomic E-state index is 12.9. The molecular formula is C17H20FN. The van der Waals surface area contributed by atoms with E-state index in [0.717, 1.165) is 17.7 Å². The van der Waals surface area contributed by atoms with Gasteiger partial charge in [-0.1, -0.05) is 32.9 Å². The van der Waals surface area contributed by atoms with Crippen molar-refractivity contribution in [2.24, 2.45) is 0 Å². The van der Waals surface area contributed by atoms with Gasteiger partial charge in [0.05, 0.1) is 0 Å². The first-order valence-electron chi connectivity index (χ1n) is 6.76. The highest BCUT2D eigenvalue weighted by Crippen LogP contribution is 2.21. The third-order valence-corrected chi connectivity index (χ3v) is 3.46. The summed E-state index contributed by atoms with van der Waals surface area (Å²) in [6.07, 6.45) is 2.76. The van der Waals surface area contributed by atoms with E-state index in [1.807, 2.05) is 18.3 Å². The standard InChI is InChI=1S/C17H20FN/c1-12(2)15-8-9-19-17(11-15)10-13(3)14-4-6-16(18)7-5-14/h4-9,11-13H,10H2,1-3H3. The van der Waals surface area contributed by atoms with Crippen molar-refractivity contribution in [3.63, 3.8) is 0 Å². The second-order valence-corrected chi connectivity index (χ2v) is 5.39. The van der Waals surface area contributed by atoms with E-state index < -0.39 is 0 Å². The lowest BCUT2D eigenvalue weighted by Crippen LogP contribution is -2.02. The molecule has 2 heteroatoms. The highest BCUT2D eigenvalue weighted by atomic mass is 19.1. The third kappa shape index (κ3) is 3.63. The van der Waals surface area contributed by atoms with E-state index in [0.29, 0.717) is 11.8 Å². The average Bonchev–Trinajstić information content (AvgIpc) is 2.39. The number of pyridine rings is 1. The Morgan fingerprint density at radius 2 is 1.68 bits per heavy atom. The molecule has 0 spiro atoms. The number of nitrogens with zero attached hydrogens (tertiary/aromatic N) is 1. The Morgan fingerprint density at radius 3 is 2.32 bits per heavy atom. The predicted molar refractivity (Wildman–Crippen MR) is 76.8 cm³/mol. The molecule has 1 aromatic heterocycles. The minimum absolute atomic E-state index is 0.184. The second-order valence-electron chi connectivity index (χ2n) is 5.39. The highest BCUT2D eigenvalue weighted by molar-refractivity contribution is 5.24. The Kier molecular flexibility index (Phi) is 4.31. The summed E-state index contributed by atoms with van der Waals surface area (Å²) in [4.78, 5) is 4.43. The van der Waals surface area contributed by atoms with Crippen LogP contribution >= 0.6 is 0 Å². The molecule has 2 rings (SSSR count). The zero-order valence-corrected chi connectivity index (χ0v) is 11.7. The van der Waals surface area contributed by atoms with Gasteiger partial charge in [-0.2, -0.15) is 0 Å². The normalized spacial score (nSPS) is 12.7. The van der Waals surface area contributed by atoms with Crippen LogP contribution in [0.2, 0.25) is 0 Å². The summed E-state index contributed by atoms with van der Waals surface area (Å²) in [5, 5.41) is 0. The van der Waals surface area contributed by atoms with Crippen molar-refractivity contribution >= 4 is 0 Å². The molecule has 0 aliphatic carbocycles. The highest BCUT2D eigenvalue weighted by Gasteiger charge is 2.09. The number of hydrogen-bond donors (Lipinski definition) is 0. The fourth-order valence-corrected chi connectivity index (χ4v) is 2.19. The van der Waals surface area contributed by atoms with Gasteiger partial charge in [-0.25, -0.2) is 4.39 Å². The molecule has 2 aromatic rings. The summed E-state index contributed by atoms with van der Waals surface area (Å²) in [6, 6.07) is 11.0. The van der Waals surface area contributed by atoms with Gasteiger partial charge in [0.25, 0.3) is 0 Å². The average molecular weight is 257 g/mol. The van der Waals surface area contributed by atoms with E-state index in [1.165, 1.54) is 17.7 Å². The van der Waals surface area contributed by atoms with Crippen LogP contribution in [0.15, 0.2) is 42.6 Å². The van der Waals surface area contributed by atoms with Gasteiger partial charge < -0.3 is 0 Å². The minimum atomic E-state index is -0.184. The molecule has 0 fully saturated rings. The SMILES string of the molecule is CC(C)c1ccnc(CC(C)c2ccc(F)cc2)c1. The Bertz CT molecular complexity index is 531. The van der Waals surface area contributed by atoms with E-state index in [4.69, 9.17) is 0 Å². The molecule has 1 nitrogen and oxygen atoms in total. The lowest BCUT2D eigenvalue weighted by molar-refractivity contribution is 0.625. The van der Waals surface area contributed by atoms with Crippen LogP contribution in [0.4, 0.5) is 4.39 Å². The topological polar surface area (TPSA) is 12.9 Å². The molecule has 1 aromatic carbocycles. The molecule has 1 heterocycles. The lowest BCUT2D eigenvalue weighted by atomic mass is 9.94. The molecule has 0 amide bonds. The summed E-state index contributed by atoms with van der Waals surface area (Å²) in [6.45, 7) is 6.52. The molecule has 0 radical (unpaired) electrons. The van der Waals surface area contributed by atoms with Crippen molar-refractivity contribution in [2.45, 2.75) is 39.0 Å². The van der Waals surface area contributed by atoms with Crippen molar-refractivity contribution in [1.82, 2.24) is 4.98 Å². The number of halogens is 1. The molecule has 0 saturated heterocycles. The first-order valence-corrected chi connectivity index (χ1v) is 6.76. The van der Waals surface area contributed by atoms with Crippen molar-refractivity contribution in [3.05, 3.63) is 65.2 Å². The van der Waals surface area contributed by atoms with Crippen molar-refractivity contribution < 1.29 is 4.39 Å². The van der Waals surface area contributed by atoms with Gasteiger partial charge in [0, 0.05) is 11.9 Å². The number of benzene rings is 1. The molecule has 0 saturated carbocycles. The van der Waals surface area contributed by atoms with Crippen molar-refractivity contribution in [1.29, 1.82) is 0 Å². The Morgan fingerprint density at radius 1 is 1.00 bits per heavy atom. The van der Waals surface area contributed by atoms with Crippen LogP contribution in [0.5, 0.6) is 0 Å². The van der Waals surface area contributed by atoms with E-state index in [-0.39, 0.29) is 5.82 Å². The summed E-state index contributed by atoms with van der Waals surface area (Å²) in [5.74, 6) is 0.675. The minimum Gasteiger partial charge on any atom is -0.261 e. The molecule has 19 heavy (non-hydrogen) atoms. The largest absolute Gasteiger partial charge is 0.261 e. The van der Waals surface area contributed by atoms with Gasteiger partial charge in [-0.3, -0.25) is 4.98 Å². The zero-order chi connectivity index (χ0) is 13.8. The third-order valence-electron chi connectivity index (χ3n) is 3.46. The predicted octanol–water partition coefficient (Wildman–Crippen LogP) is 4.69. The van der Waals surface area contributed by atoms with Gasteiger partial charge in [0.1, 0.15) is 5.82 Å². The van der Waals surface area contributed by atoms with E-state index in [2.05, 4.69) is 37.9 Å². The van der Waals surface area contributed by atoms with Gasteiger partial charge in [0.2, 0.25) is 0 Å². The maximum absolute atomic E-state index is 12.9. The number of rotatable bonds is 4. The van der Waals surface area contributed by atoms with Crippen LogP contribution in [0.25, 0.3) is 0 Å². The zero-order valence-electron chi connectivity index (χ0n) is 11.7. The summed E-state index contributed by atoms with van der Waals surface area (Å²) < 4.78 is 12.9. The van der Waals surface area contributed by atoms with Gasteiger partial charge >= 0.3 is 0 Å². The van der Waals surface area contributed by atoms with Gasteiger partial charge in [-0.05, 0) is 53.6 Å². The quantitative estimate of drug-likeness (QED) is 0.774. The molecule has 0 N–H and O–H groups in total. The summed E-state index contributed by atoms with van der Waals surface area (Å²) >= 11 is 0. The molecule has 100 valence electrons. The molecule has 0 bridgehead atoms. The van der Waals surface area contributed by atoms with Crippen LogP contribution in [0.1, 0.15) is 49.4 Å². The maximum Gasteiger partial charge on any atom is 0.123 e. The van der Waals surface area contributed by atoms with Crippen LogP contribution in [-0.4, -0.2) is 4.98 Å². The number of aromatic nitrogens is 1. The van der Waals surface area contributed by atoms with Crippen LogP contribution in [0.3, 0.4) is 0 Å². The number of hydrogen-bond acceptors (Lipinski definition) is 1. The Balaban J connectivity index is 2.12. The van der Waals surface area contributed by atoms with Gasteiger partial charge in [-0.15, -0.1) is 0 Å². The van der Waals surface area contributed by atoms with E-state index >= 15 is 0 Å². The van der Waals surface area contributed by atoms with Gasteiger partial charge in [0.15, 0.2) is 0 Å². The smallest absolute Gasteiger partial charge is 0.123 e. The van der Waals surface area contributed by atoms with E-state index in [9.17, 15) is 4.39 Å². The fourth-order valence-electron chi connectivity index (χ4n) is 2.19. The molecular weight excluding hydrogens is 237 g/mol. The monoisotopic (exact) mass is 257 g/mol. The summed E-state index contributed by atoms with van der Waals surface area (Å²) in [5.41, 5.74) is 3.57. The van der Waals surface area contributed by atoms with Crippen molar-refractivity contribution in [2.75, 3.05) is 0 Å². The molecule has 0 aliphatic heterocycles. The Labute approximate surface area is 114 Å². The lowest BCUT2D eigenvalue weighted by Gasteiger charge is -2.13. The first kappa shape index (κ1) is 13.7. The van der Waals surface area contributed by atoms with E-state index in [1.54, 1.807) is 0 Å². The molecule has 1 unspecified atom stereocenters. The first-order chi connectivity index (χ1) is 9.06. The summed E-state index contributed by atoms with van der Waals surface area (Å²) in [7, 11) is 0. The van der Waals surface area contributed by atoms with Crippen LogP contribution < -0.4 is 0 Å².